The van der Waals surface area contributed by atoms with Gasteiger partial charge in [0.2, 0.25) is 5.78 Å². The van der Waals surface area contributed by atoms with E-state index in [1.165, 1.54) is 12.1 Å². The maximum absolute atomic E-state index is 13.1. The second-order valence-corrected chi connectivity index (χ2v) is 2.56. The largest absolute Gasteiger partial charge is 0.491 e. The predicted molar refractivity (Wildman–Crippen MR) is 51.6 cm³/mol. The summed E-state index contributed by atoms with van der Waals surface area (Å²) in [5, 5.41) is 0. The Morgan fingerprint density at radius 3 is 2.67 bits per heavy atom. The molecular formula is C10H11FO4. The first-order chi connectivity index (χ1) is 6.69. The summed E-state index contributed by atoms with van der Waals surface area (Å²) in [5.74, 6) is -1.30. The van der Waals surface area contributed by atoms with Crippen LogP contribution in [0.1, 0.15) is 17.3 Å². The lowest BCUT2D eigenvalue weighted by molar-refractivity contribution is -0.104. The summed E-state index contributed by atoms with van der Waals surface area (Å²) < 4.78 is 18.1. The molecule has 0 unspecified atom stereocenters. The zero-order chi connectivity index (χ0) is 10.6. The minimum atomic E-state index is -0.744. The van der Waals surface area contributed by atoms with Gasteiger partial charge in [-0.1, -0.05) is 0 Å². The van der Waals surface area contributed by atoms with Crippen LogP contribution in [0.25, 0.3) is 0 Å². The van der Waals surface area contributed by atoms with Crippen molar-refractivity contribution in [1.82, 2.24) is 0 Å². The minimum Gasteiger partial charge on any atom is -0.491 e. The van der Waals surface area contributed by atoms with Gasteiger partial charge < -0.3 is 10.2 Å². The maximum atomic E-state index is 13.1. The molecule has 0 aliphatic rings. The number of halogens is 1. The molecule has 0 atom stereocenters. The van der Waals surface area contributed by atoms with Crippen LogP contribution >= 0.6 is 0 Å². The molecule has 0 radical (unpaired) electrons. The SMILES string of the molecule is CCOc1ccc(C(=O)C=O)cc1F.O. The van der Waals surface area contributed by atoms with Gasteiger partial charge in [-0.25, -0.2) is 4.39 Å². The first-order valence-electron chi connectivity index (χ1n) is 4.11. The molecule has 1 aromatic carbocycles. The van der Waals surface area contributed by atoms with Crippen molar-refractivity contribution in [1.29, 1.82) is 0 Å². The molecular weight excluding hydrogens is 203 g/mol. The molecule has 0 saturated heterocycles. The van der Waals surface area contributed by atoms with Gasteiger partial charge in [0, 0.05) is 5.56 Å². The number of ether oxygens (including phenoxy) is 1. The van der Waals surface area contributed by atoms with E-state index in [9.17, 15) is 14.0 Å². The fourth-order valence-electron chi connectivity index (χ4n) is 0.995. The van der Waals surface area contributed by atoms with Gasteiger partial charge in [-0.2, -0.15) is 0 Å². The van der Waals surface area contributed by atoms with Gasteiger partial charge in [0.15, 0.2) is 17.9 Å². The molecule has 0 fully saturated rings. The van der Waals surface area contributed by atoms with Crippen LogP contribution in [0.5, 0.6) is 5.75 Å². The highest BCUT2D eigenvalue weighted by Crippen LogP contribution is 2.18. The third-order valence-electron chi connectivity index (χ3n) is 1.62. The molecule has 82 valence electrons. The van der Waals surface area contributed by atoms with E-state index in [-0.39, 0.29) is 23.1 Å². The maximum Gasteiger partial charge on any atom is 0.225 e. The number of Topliss-reactive ketones (excluding diaryl/α,β-unsaturated/α-hetero) is 1. The molecule has 0 aliphatic heterocycles. The molecule has 0 heterocycles. The Morgan fingerprint density at radius 2 is 2.20 bits per heavy atom. The molecule has 1 aromatic rings. The van der Waals surface area contributed by atoms with Crippen LogP contribution in [-0.4, -0.2) is 24.2 Å². The molecule has 5 heteroatoms. The van der Waals surface area contributed by atoms with Gasteiger partial charge in [0.05, 0.1) is 6.61 Å². The number of benzene rings is 1. The normalized spacial score (nSPS) is 8.93. The number of aldehydes is 1. The van der Waals surface area contributed by atoms with Crippen LogP contribution < -0.4 is 4.74 Å². The zero-order valence-electron chi connectivity index (χ0n) is 8.12. The Morgan fingerprint density at radius 1 is 1.53 bits per heavy atom. The van der Waals surface area contributed by atoms with Crippen LogP contribution in [0.3, 0.4) is 0 Å². The standard InChI is InChI=1S/C10H9FO3.H2O/c1-2-14-10-4-3-7(5-8(10)11)9(13)6-12;/h3-6H,2H2,1H3;1H2. The molecule has 1 rings (SSSR count). The topological polar surface area (TPSA) is 74.9 Å². The Bertz CT molecular complexity index is 362. The molecule has 15 heavy (non-hydrogen) atoms. The van der Waals surface area contributed by atoms with Crippen molar-refractivity contribution in [2.45, 2.75) is 6.92 Å². The number of rotatable bonds is 4. The smallest absolute Gasteiger partial charge is 0.225 e. The molecule has 4 nitrogen and oxygen atoms in total. The van der Waals surface area contributed by atoms with Crippen LogP contribution in [-0.2, 0) is 4.79 Å². The molecule has 0 spiro atoms. The Hall–Kier alpha value is -1.75. The summed E-state index contributed by atoms with van der Waals surface area (Å²) in [6.45, 7) is 2.07. The third kappa shape index (κ3) is 3.14. The van der Waals surface area contributed by atoms with Crippen molar-refractivity contribution in [2.75, 3.05) is 6.61 Å². The number of ketones is 1. The summed E-state index contributed by atoms with van der Waals surface area (Å²) in [6.07, 6.45) is 0.148. The van der Waals surface area contributed by atoms with Crippen LogP contribution in [0.2, 0.25) is 0 Å². The zero-order valence-corrected chi connectivity index (χ0v) is 8.12. The van der Waals surface area contributed by atoms with Gasteiger partial charge in [0.1, 0.15) is 0 Å². The monoisotopic (exact) mass is 214 g/mol. The molecule has 0 saturated carbocycles. The number of carbonyl (C=O) groups is 2. The van der Waals surface area contributed by atoms with Gasteiger partial charge in [-0.15, -0.1) is 0 Å². The van der Waals surface area contributed by atoms with E-state index < -0.39 is 11.6 Å². The van der Waals surface area contributed by atoms with E-state index in [0.29, 0.717) is 6.61 Å². The summed E-state index contributed by atoms with van der Waals surface area (Å²) in [4.78, 5) is 21.0. The van der Waals surface area contributed by atoms with Crippen molar-refractivity contribution in [3.05, 3.63) is 29.6 Å². The molecule has 0 amide bonds. The highest BCUT2D eigenvalue weighted by atomic mass is 19.1. The number of carbonyl (C=O) groups excluding carboxylic acids is 2. The van der Waals surface area contributed by atoms with Gasteiger partial charge in [-0.3, -0.25) is 9.59 Å². The first kappa shape index (κ1) is 13.2. The third-order valence-corrected chi connectivity index (χ3v) is 1.62. The fraction of sp³-hybridized carbons (Fsp3) is 0.200. The lowest BCUT2D eigenvalue weighted by atomic mass is 10.1. The highest BCUT2D eigenvalue weighted by Gasteiger charge is 2.08. The van der Waals surface area contributed by atoms with Crippen molar-refractivity contribution in [2.24, 2.45) is 0 Å². The van der Waals surface area contributed by atoms with E-state index in [4.69, 9.17) is 4.74 Å². The molecule has 0 bridgehead atoms. The van der Waals surface area contributed by atoms with Crippen molar-refractivity contribution < 1.29 is 24.2 Å². The van der Waals surface area contributed by atoms with Crippen LogP contribution in [0.4, 0.5) is 4.39 Å². The van der Waals surface area contributed by atoms with E-state index in [1.807, 2.05) is 0 Å². The van der Waals surface area contributed by atoms with Gasteiger partial charge in [0.25, 0.3) is 0 Å². The minimum absolute atomic E-state index is 0. The Balaban J connectivity index is 0.00000196. The average molecular weight is 214 g/mol. The lowest BCUT2D eigenvalue weighted by Gasteiger charge is -2.04. The van der Waals surface area contributed by atoms with Crippen LogP contribution in [0.15, 0.2) is 18.2 Å². The van der Waals surface area contributed by atoms with Gasteiger partial charge >= 0.3 is 0 Å². The highest BCUT2D eigenvalue weighted by molar-refractivity contribution is 6.33. The molecule has 2 N–H and O–H groups in total. The summed E-state index contributed by atoms with van der Waals surface area (Å²) in [6, 6.07) is 3.67. The quantitative estimate of drug-likeness (QED) is 0.422. The summed E-state index contributed by atoms with van der Waals surface area (Å²) in [5.41, 5.74) is 0.0287. The fourth-order valence-corrected chi connectivity index (χ4v) is 0.995. The number of hydrogen-bond donors (Lipinski definition) is 0. The van der Waals surface area contributed by atoms with Gasteiger partial charge in [-0.05, 0) is 25.1 Å². The first-order valence-corrected chi connectivity index (χ1v) is 4.11. The number of hydrogen-bond acceptors (Lipinski definition) is 3. The predicted octanol–water partition coefficient (Wildman–Crippen LogP) is 0.781. The second kappa shape index (κ2) is 5.87. The van der Waals surface area contributed by atoms with Crippen molar-refractivity contribution in [3.8, 4) is 5.75 Å². The van der Waals surface area contributed by atoms with E-state index in [2.05, 4.69) is 0 Å². The summed E-state index contributed by atoms with van der Waals surface area (Å²) in [7, 11) is 0. The van der Waals surface area contributed by atoms with Crippen molar-refractivity contribution in [3.63, 3.8) is 0 Å². The van der Waals surface area contributed by atoms with E-state index in [1.54, 1.807) is 6.92 Å². The van der Waals surface area contributed by atoms with Crippen molar-refractivity contribution >= 4 is 12.1 Å². The Kier molecular flexibility index (Phi) is 5.19. The van der Waals surface area contributed by atoms with E-state index >= 15 is 0 Å². The Labute approximate surface area is 86.0 Å². The molecule has 0 aliphatic carbocycles. The van der Waals surface area contributed by atoms with Crippen LogP contribution in [0, 0.1) is 5.82 Å². The second-order valence-electron chi connectivity index (χ2n) is 2.56. The summed E-state index contributed by atoms with van der Waals surface area (Å²) >= 11 is 0. The van der Waals surface area contributed by atoms with E-state index in [0.717, 1.165) is 6.07 Å². The average Bonchev–Trinajstić information content (AvgIpc) is 2.20. The molecule has 0 aromatic heterocycles. The lowest BCUT2D eigenvalue weighted by Crippen LogP contribution is -2.02.